The number of rotatable bonds is 6. The molecule has 1 heterocycles. The Balaban J connectivity index is 1.75. The van der Waals surface area contributed by atoms with Crippen LogP contribution in [0.2, 0.25) is 0 Å². The molecule has 0 aromatic rings. The first kappa shape index (κ1) is 11.4. The van der Waals surface area contributed by atoms with E-state index in [1.54, 1.807) is 7.11 Å². The zero-order valence-corrected chi connectivity index (χ0v) is 10.0. The van der Waals surface area contributed by atoms with E-state index in [0.29, 0.717) is 6.04 Å². The molecule has 88 valence electrons. The third-order valence-corrected chi connectivity index (χ3v) is 3.62. The maximum Gasteiger partial charge on any atom is 0.0615 e. The molecular weight excluding hydrogens is 188 g/mol. The summed E-state index contributed by atoms with van der Waals surface area (Å²) in [4.78, 5) is 2.61. The Morgan fingerprint density at radius 3 is 2.87 bits per heavy atom. The van der Waals surface area contributed by atoms with Crippen LogP contribution in [0, 0.1) is 0 Å². The molecule has 3 nitrogen and oxygen atoms in total. The van der Waals surface area contributed by atoms with Crippen LogP contribution in [-0.2, 0) is 4.74 Å². The van der Waals surface area contributed by atoms with Crippen molar-refractivity contribution in [1.29, 1.82) is 0 Å². The van der Waals surface area contributed by atoms with E-state index in [9.17, 15) is 0 Å². The minimum Gasteiger partial charge on any atom is -0.383 e. The van der Waals surface area contributed by atoms with Crippen molar-refractivity contribution in [1.82, 2.24) is 10.2 Å². The van der Waals surface area contributed by atoms with Gasteiger partial charge in [0.25, 0.3) is 0 Å². The van der Waals surface area contributed by atoms with Crippen LogP contribution in [0.25, 0.3) is 0 Å². The van der Waals surface area contributed by atoms with Crippen molar-refractivity contribution in [2.24, 2.45) is 0 Å². The Hall–Kier alpha value is -0.120. The van der Waals surface area contributed by atoms with Crippen molar-refractivity contribution in [2.45, 2.75) is 50.7 Å². The van der Waals surface area contributed by atoms with Gasteiger partial charge >= 0.3 is 0 Å². The number of methoxy groups -OCH3 is 1. The zero-order chi connectivity index (χ0) is 10.7. The molecular formula is C12H24N2O. The van der Waals surface area contributed by atoms with Crippen LogP contribution in [0.5, 0.6) is 0 Å². The van der Waals surface area contributed by atoms with Crippen molar-refractivity contribution in [3.63, 3.8) is 0 Å². The minimum atomic E-state index is 0.573. The molecule has 3 heteroatoms. The first-order valence-corrected chi connectivity index (χ1v) is 6.29. The van der Waals surface area contributed by atoms with Gasteiger partial charge in [-0.3, -0.25) is 4.90 Å². The van der Waals surface area contributed by atoms with Crippen LogP contribution in [0.15, 0.2) is 0 Å². The fourth-order valence-electron chi connectivity index (χ4n) is 2.58. The molecule has 1 aliphatic carbocycles. The largest absolute Gasteiger partial charge is 0.383 e. The fourth-order valence-corrected chi connectivity index (χ4v) is 2.58. The van der Waals surface area contributed by atoms with Crippen LogP contribution in [0.4, 0.5) is 0 Å². The second kappa shape index (κ2) is 5.28. The molecule has 2 aliphatic rings. The fraction of sp³-hybridized carbons (Fsp3) is 1.00. The first-order chi connectivity index (χ1) is 7.31. The van der Waals surface area contributed by atoms with Gasteiger partial charge in [-0.15, -0.1) is 0 Å². The minimum absolute atomic E-state index is 0.573. The summed E-state index contributed by atoms with van der Waals surface area (Å²) in [5.41, 5.74) is 0. The molecule has 0 aromatic heterocycles. The Bertz CT molecular complexity index is 194. The molecule has 0 radical (unpaired) electrons. The summed E-state index contributed by atoms with van der Waals surface area (Å²) < 4.78 is 5.24. The van der Waals surface area contributed by atoms with Gasteiger partial charge in [0.15, 0.2) is 0 Å². The van der Waals surface area contributed by atoms with E-state index in [2.05, 4.69) is 17.1 Å². The van der Waals surface area contributed by atoms with Crippen LogP contribution < -0.4 is 5.32 Å². The summed E-state index contributed by atoms with van der Waals surface area (Å²) in [6.07, 6.45) is 5.49. The third kappa shape index (κ3) is 3.16. The molecule has 1 saturated heterocycles. The van der Waals surface area contributed by atoms with Crippen molar-refractivity contribution in [3.05, 3.63) is 0 Å². The molecule has 2 rings (SSSR count). The maximum atomic E-state index is 5.24. The zero-order valence-electron chi connectivity index (χ0n) is 10.0. The van der Waals surface area contributed by atoms with Gasteiger partial charge in [-0.1, -0.05) is 0 Å². The summed E-state index contributed by atoms with van der Waals surface area (Å²) in [6, 6.07) is 2.16. The Kier molecular flexibility index (Phi) is 4.00. The Morgan fingerprint density at radius 1 is 1.40 bits per heavy atom. The normalized spacial score (nSPS) is 29.6. The highest BCUT2D eigenvalue weighted by Crippen LogP contribution is 2.22. The lowest BCUT2D eigenvalue weighted by molar-refractivity contribution is 0.0908. The van der Waals surface area contributed by atoms with E-state index in [-0.39, 0.29) is 0 Å². The van der Waals surface area contributed by atoms with Crippen molar-refractivity contribution < 1.29 is 4.74 Å². The van der Waals surface area contributed by atoms with E-state index in [1.165, 1.54) is 38.8 Å². The summed E-state index contributed by atoms with van der Waals surface area (Å²) in [6.45, 7) is 5.57. The summed E-state index contributed by atoms with van der Waals surface area (Å²) in [5.74, 6) is 0. The van der Waals surface area contributed by atoms with Crippen LogP contribution in [0.3, 0.4) is 0 Å². The van der Waals surface area contributed by atoms with E-state index < -0.39 is 0 Å². The quantitative estimate of drug-likeness (QED) is 0.717. The second-order valence-electron chi connectivity index (χ2n) is 5.02. The first-order valence-electron chi connectivity index (χ1n) is 6.29. The van der Waals surface area contributed by atoms with Gasteiger partial charge in [0, 0.05) is 31.8 Å². The van der Waals surface area contributed by atoms with Gasteiger partial charge < -0.3 is 10.1 Å². The lowest BCUT2D eigenvalue weighted by atomic mass is 10.2. The second-order valence-corrected chi connectivity index (χ2v) is 5.02. The van der Waals surface area contributed by atoms with E-state index in [4.69, 9.17) is 4.74 Å². The predicted molar refractivity (Wildman–Crippen MR) is 62.1 cm³/mol. The van der Waals surface area contributed by atoms with E-state index >= 15 is 0 Å². The van der Waals surface area contributed by atoms with Crippen molar-refractivity contribution >= 4 is 0 Å². The topological polar surface area (TPSA) is 24.5 Å². The molecule has 2 atom stereocenters. The highest BCUT2D eigenvalue weighted by molar-refractivity contribution is 4.88. The lowest BCUT2D eigenvalue weighted by Crippen LogP contribution is -2.44. The van der Waals surface area contributed by atoms with Gasteiger partial charge in [0.1, 0.15) is 0 Å². The molecule has 2 fully saturated rings. The molecule has 15 heavy (non-hydrogen) atoms. The van der Waals surface area contributed by atoms with E-state index in [0.717, 1.165) is 18.7 Å². The number of hydrogen-bond donors (Lipinski definition) is 1. The van der Waals surface area contributed by atoms with Crippen molar-refractivity contribution in [2.75, 3.05) is 26.8 Å². The Labute approximate surface area is 93.2 Å². The summed E-state index contributed by atoms with van der Waals surface area (Å²) >= 11 is 0. The number of nitrogens with zero attached hydrogens (tertiary/aromatic N) is 1. The number of ether oxygens (including phenoxy) is 1. The molecule has 0 aromatic carbocycles. The standard InChI is InChI=1S/C12H24N2O/c1-10(9-15-2)14-7-3-4-12(14)8-13-11-5-6-11/h10-13H,3-9H2,1-2H3. The van der Waals surface area contributed by atoms with E-state index in [1.807, 2.05) is 0 Å². The van der Waals surface area contributed by atoms with Gasteiger partial charge in [-0.05, 0) is 39.2 Å². The molecule has 1 N–H and O–H groups in total. The van der Waals surface area contributed by atoms with Gasteiger partial charge in [-0.2, -0.15) is 0 Å². The summed E-state index contributed by atoms with van der Waals surface area (Å²) in [5, 5.41) is 3.64. The highest BCUT2D eigenvalue weighted by atomic mass is 16.5. The number of likely N-dealkylation sites (tertiary alicyclic amines) is 1. The number of hydrogen-bond acceptors (Lipinski definition) is 3. The smallest absolute Gasteiger partial charge is 0.0615 e. The maximum absolute atomic E-state index is 5.24. The van der Waals surface area contributed by atoms with Crippen LogP contribution in [0.1, 0.15) is 32.6 Å². The van der Waals surface area contributed by atoms with Gasteiger partial charge in [0.05, 0.1) is 6.61 Å². The highest BCUT2D eigenvalue weighted by Gasteiger charge is 2.30. The predicted octanol–water partition coefficient (Wildman–Crippen LogP) is 1.24. The van der Waals surface area contributed by atoms with Crippen molar-refractivity contribution in [3.8, 4) is 0 Å². The molecule has 2 unspecified atom stereocenters. The lowest BCUT2D eigenvalue weighted by Gasteiger charge is -2.30. The molecule has 0 spiro atoms. The molecule has 1 saturated carbocycles. The summed E-state index contributed by atoms with van der Waals surface area (Å²) in [7, 11) is 1.80. The van der Waals surface area contributed by atoms with Crippen LogP contribution in [-0.4, -0.2) is 49.8 Å². The molecule has 0 amide bonds. The molecule has 1 aliphatic heterocycles. The van der Waals surface area contributed by atoms with Crippen LogP contribution >= 0.6 is 0 Å². The SMILES string of the molecule is COCC(C)N1CCCC1CNC1CC1. The average Bonchev–Trinajstić information content (AvgIpc) is 2.93. The van der Waals surface area contributed by atoms with Gasteiger partial charge in [0.2, 0.25) is 0 Å². The third-order valence-electron chi connectivity index (χ3n) is 3.62. The monoisotopic (exact) mass is 212 g/mol. The Morgan fingerprint density at radius 2 is 2.20 bits per heavy atom. The number of nitrogens with one attached hydrogen (secondary N) is 1. The average molecular weight is 212 g/mol. The molecule has 0 bridgehead atoms. The van der Waals surface area contributed by atoms with Gasteiger partial charge in [-0.25, -0.2) is 0 Å².